The number of aryl methyl sites for hydroxylation is 1. The number of ether oxygens (including phenoxy) is 2. The standard InChI is InChI=1S/C33H52NO3/c1-5-6-7-8-9-10-11-12-14-20-30-23-19-24-32(27-30)36-29(2)37-33(35)25-17-18-26-34(3,4)28-31-21-15-13-16-22-31/h13,15-16,19,21-24,27,29H,5-12,14,17-18,20,25-26,28H2,1-4H3/q+1. The molecule has 1 atom stereocenters. The van der Waals surface area contributed by atoms with Crippen LogP contribution in [-0.4, -0.2) is 37.4 Å². The molecule has 37 heavy (non-hydrogen) atoms. The number of unbranched alkanes of at least 4 members (excludes halogenated alkanes) is 9. The number of carbonyl (C=O) groups is 1. The van der Waals surface area contributed by atoms with E-state index in [0.717, 1.165) is 42.6 Å². The Morgan fingerprint density at radius 2 is 1.43 bits per heavy atom. The van der Waals surface area contributed by atoms with Crippen molar-refractivity contribution in [1.29, 1.82) is 0 Å². The molecule has 0 bridgehead atoms. The lowest BCUT2D eigenvalue weighted by molar-refractivity contribution is -0.903. The van der Waals surface area contributed by atoms with Crippen LogP contribution in [-0.2, 0) is 22.5 Å². The zero-order valence-electron chi connectivity index (χ0n) is 24.1. The number of carbonyl (C=O) groups excluding carboxylic acids is 1. The maximum absolute atomic E-state index is 12.3. The molecule has 2 aromatic rings. The average Bonchev–Trinajstić information content (AvgIpc) is 2.86. The molecule has 0 N–H and O–H groups in total. The lowest BCUT2D eigenvalue weighted by atomic mass is 10.0. The van der Waals surface area contributed by atoms with Crippen LogP contribution in [0.25, 0.3) is 0 Å². The topological polar surface area (TPSA) is 35.5 Å². The highest BCUT2D eigenvalue weighted by Crippen LogP contribution is 2.19. The van der Waals surface area contributed by atoms with Crippen LogP contribution in [0.5, 0.6) is 5.75 Å². The van der Waals surface area contributed by atoms with Gasteiger partial charge in [0.2, 0.25) is 6.29 Å². The van der Waals surface area contributed by atoms with E-state index >= 15 is 0 Å². The number of nitrogens with zero attached hydrogens (tertiary/aromatic N) is 1. The quantitative estimate of drug-likeness (QED) is 0.0775. The van der Waals surface area contributed by atoms with Crippen molar-refractivity contribution in [3.8, 4) is 5.75 Å². The molecule has 0 aliphatic rings. The van der Waals surface area contributed by atoms with E-state index in [1.807, 2.05) is 12.1 Å². The van der Waals surface area contributed by atoms with Crippen molar-refractivity contribution in [2.45, 2.75) is 110 Å². The van der Waals surface area contributed by atoms with Gasteiger partial charge in [0, 0.05) is 18.9 Å². The van der Waals surface area contributed by atoms with Gasteiger partial charge in [-0.1, -0.05) is 101 Å². The first kappa shape index (κ1) is 30.9. The predicted octanol–water partition coefficient (Wildman–Crippen LogP) is 8.47. The zero-order valence-corrected chi connectivity index (χ0v) is 24.1. The van der Waals surface area contributed by atoms with Crippen molar-refractivity contribution >= 4 is 5.97 Å². The largest absolute Gasteiger partial charge is 0.455 e. The van der Waals surface area contributed by atoms with E-state index in [0.29, 0.717) is 6.42 Å². The fourth-order valence-electron chi connectivity index (χ4n) is 4.84. The van der Waals surface area contributed by atoms with Gasteiger partial charge in [-0.15, -0.1) is 0 Å². The molecule has 0 aliphatic heterocycles. The first-order valence-corrected chi connectivity index (χ1v) is 14.7. The second-order valence-corrected chi connectivity index (χ2v) is 11.2. The Labute approximate surface area is 227 Å². The molecular formula is C33H52NO3+. The summed E-state index contributed by atoms with van der Waals surface area (Å²) in [6, 6.07) is 18.8. The third-order valence-corrected chi connectivity index (χ3v) is 6.91. The van der Waals surface area contributed by atoms with E-state index in [9.17, 15) is 4.79 Å². The van der Waals surface area contributed by atoms with Crippen LogP contribution < -0.4 is 4.74 Å². The number of benzene rings is 2. The van der Waals surface area contributed by atoms with Gasteiger partial charge in [0.25, 0.3) is 0 Å². The highest BCUT2D eigenvalue weighted by atomic mass is 16.7. The molecule has 0 radical (unpaired) electrons. The molecule has 0 aliphatic carbocycles. The lowest BCUT2D eigenvalue weighted by Crippen LogP contribution is -2.39. The summed E-state index contributed by atoms with van der Waals surface area (Å²) in [6.07, 6.45) is 14.8. The first-order valence-electron chi connectivity index (χ1n) is 14.7. The van der Waals surface area contributed by atoms with Crippen molar-refractivity contribution in [3.63, 3.8) is 0 Å². The molecular weight excluding hydrogens is 458 g/mol. The third-order valence-electron chi connectivity index (χ3n) is 6.91. The molecule has 0 spiro atoms. The molecule has 0 heterocycles. The summed E-state index contributed by atoms with van der Waals surface area (Å²) in [5.41, 5.74) is 2.63. The van der Waals surface area contributed by atoms with Crippen LogP contribution >= 0.6 is 0 Å². The van der Waals surface area contributed by atoms with Gasteiger partial charge in [0.05, 0.1) is 20.6 Å². The van der Waals surface area contributed by atoms with Gasteiger partial charge in [0.1, 0.15) is 12.3 Å². The lowest BCUT2D eigenvalue weighted by Gasteiger charge is -2.30. The molecule has 0 saturated heterocycles. The minimum absolute atomic E-state index is 0.188. The van der Waals surface area contributed by atoms with Crippen molar-refractivity contribution in [2.24, 2.45) is 0 Å². The maximum Gasteiger partial charge on any atom is 0.308 e. The Bertz CT molecular complexity index is 865. The van der Waals surface area contributed by atoms with Gasteiger partial charge >= 0.3 is 5.97 Å². The molecule has 4 heteroatoms. The van der Waals surface area contributed by atoms with Gasteiger partial charge in [-0.25, -0.2) is 0 Å². The van der Waals surface area contributed by atoms with E-state index in [1.165, 1.54) is 68.9 Å². The van der Waals surface area contributed by atoms with E-state index in [-0.39, 0.29) is 5.97 Å². The van der Waals surface area contributed by atoms with Crippen LogP contribution in [0.4, 0.5) is 0 Å². The Morgan fingerprint density at radius 1 is 0.784 bits per heavy atom. The predicted molar refractivity (Wildman–Crippen MR) is 155 cm³/mol. The zero-order chi connectivity index (χ0) is 26.8. The second kappa shape index (κ2) is 18.0. The van der Waals surface area contributed by atoms with Gasteiger partial charge < -0.3 is 14.0 Å². The molecule has 0 amide bonds. The summed E-state index contributed by atoms with van der Waals surface area (Å²) >= 11 is 0. The van der Waals surface area contributed by atoms with Gasteiger partial charge in [0.15, 0.2) is 0 Å². The summed E-state index contributed by atoms with van der Waals surface area (Å²) in [5, 5.41) is 0. The minimum Gasteiger partial charge on any atom is -0.455 e. The molecule has 0 aromatic heterocycles. The smallest absolute Gasteiger partial charge is 0.308 e. The van der Waals surface area contributed by atoms with Gasteiger partial charge in [-0.3, -0.25) is 4.79 Å². The number of rotatable bonds is 20. The third kappa shape index (κ3) is 14.9. The summed E-state index contributed by atoms with van der Waals surface area (Å²) in [6.45, 7) is 6.09. The fourth-order valence-corrected chi connectivity index (χ4v) is 4.84. The molecule has 4 nitrogen and oxygen atoms in total. The Balaban J connectivity index is 1.58. The van der Waals surface area contributed by atoms with Crippen LogP contribution in [0, 0.1) is 0 Å². The van der Waals surface area contributed by atoms with E-state index in [4.69, 9.17) is 9.47 Å². The highest BCUT2D eigenvalue weighted by molar-refractivity contribution is 5.69. The molecule has 0 fully saturated rings. The van der Waals surface area contributed by atoms with Crippen LogP contribution in [0.2, 0.25) is 0 Å². The van der Waals surface area contributed by atoms with E-state index < -0.39 is 6.29 Å². The molecule has 2 rings (SSSR count). The number of esters is 1. The van der Waals surface area contributed by atoms with E-state index in [1.54, 1.807) is 6.92 Å². The first-order chi connectivity index (χ1) is 17.9. The fraction of sp³-hybridized carbons (Fsp3) is 0.606. The normalized spacial score (nSPS) is 12.3. The Hall–Kier alpha value is -2.33. The van der Waals surface area contributed by atoms with Crippen LogP contribution in [0.15, 0.2) is 54.6 Å². The van der Waals surface area contributed by atoms with Gasteiger partial charge in [-0.2, -0.15) is 0 Å². The molecule has 0 saturated carbocycles. The van der Waals surface area contributed by atoms with Crippen LogP contribution in [0.3, 0.4) is 0 Å². The van der Waals surface area contributed by atoms with Gasteiger partial charge in [-0.05, 0) is 43.4 Å². The molecule has 206 valence electrons. The Kier molecular flexibility index (Phi) is 15.0. The average molecular weight is 511 g/mol. The number of hydrogen-bond acceptors (Lipinski definition) is 3. The van der Waals surface area contributed by atoms with Crippen molar-refractivity contribution in [2.75, 3.05) is 20.6 Å². The number of quaternary nitrogens is 1. The van der Waals surface area contributed by atoms with Crippen molar-refractivity contribution in [3.05, 3.63) is 65.7 Å². The van der Waals surface area contributed by atoms with E-state index in [2.05, 4.69) is 63.5 Å². The van der Waals surface area contributed by atoms with Crippen molar-refractivity contribution < 1.29 is 18.8 Å². The van der Waals surface area contributed by atoms with Crippen molar-refractivity contribution in [1.82, 2.24) is 0 Å². The molecule has 2 aromatic carbocycles. The van der Waals surface area contributed by atoms with Crippen LogP contribution in [0.1, 0.15) is 102 Å². The molecule has 1 unspecified atom stereocenters. The maximum atomic E-state index is 12.3. The summed E-state index contributed by atoms with van der Waals surface area (Å²) in [4.78, 5) is 12.3. The number of hydrogen-bond donors (Lipinski definition) is 0. The SMILES string of the molecule is CCCCCCCCCCCc1cccc(OC(C)OC(=O)CCCC[N+](C)(C)Cc2ccccc2)c1. The Morgan fingerprint density at radius 3 is 2.14 bits per heavy atom. The second-order valence-electron chi connectivity index (χ2n) is 11.2. The monoisotopic (exact) mass is 510 g/mol. The summed E-state index contributed by atoms with van der Waals surface area (Å²) < 4.78 is 12.3. The summed E-state index contributed by atoms with van der Waals surface area (Å²) in [5.74, 6) is 0.584. The minimum atomic E-state index is -0.583. The highest BCUT2D eigenvalue weighted by Gasteiger charge is 2.16. The summed E-state index contributed by atoms with van der Waals surface area (Å²) in [7, 11) is 4.48.